The molecule has 0 aromatic rings. The molecule has 4 atom stereocenters. The molecule has 1 rings (SSSR count). The van der Waals surface area contributed by atoms with Gasteiger partial charge in [-0.3, -0.25) is 0 Å². The van der Waals surface area contributed by atoms with Crippen LogP contribution in [0.1, 0.15) is 20.8 Å². The summed E-state index contributed by atoms with van der Waals surface area (Å²) in [6.45, 7) is 11.2. The van der Waals surface area contributed by atoms with Crippen molar-refractivity contribution in [2.75, 3.05) is 12.7 Å². The Bertz CT molecular complexity index is 301. The van der Waals surface area contributed by atoms with Crippen LogP contribution < -0.4 is 0 Å². The molecule has 2 unspecified atom stereocenters. The van der Waals surface area contributed by atoms with Crippen LogP contribution in [0, 0.1) is 0 Å². The average molecular weight is 311 g/mol. The van der Waals surface area contributed by atoms with Crippen molar-refractivity contribution in [3.63, 3.8) is 0 Å². The van der Waals surface area contributed by atoms with Crippen LogP contribution in [0.15, 0.2) is 0 Å². The Morgan fingerprint density at radius 2 is 1.95 bits per heavy atom. The van der Waals surface area contributed by atoms with Crippen molar-refractivity contribution < 1.29 is 18.3 Å². The molecule has 0 saturated carbocycles. The van der Waals surface area contributed by atoms with Crippen LogP contribution in [0.2, 0.25) is 18.1 Å². The SMILES string of the molecule is B[C@@H]1OC(CO[Si](C)(C)C(C)(C)C)C(OCCl)[C@@H]1F. The fraction of sp³-hybridized carbons (Fsp3) is 1.00. The number of rotatable bonds is 5. The zero-order valence-electron chi connectivity index (χ0n) is 12.7. The predicted molar refractivity (Wildman–Crippen MR) is 80.8 cm³/mol. The molecule has 1 saturated heterocycles. The van der Waals surface area contributed by atoms with Gasteiger partial charge < -0.3 is 13.9 Å². The van der Waals surface area contributed by atoms with Crippen molar-refractivity contribution in [3.05, 3.63) is 0 Å². The maximum Gasteiger partial charge on any atom is 0.192 e. The quantitative estimate of drug-likeness (QED) is 0.576. The highest BCUT2D eigenvalue weighted by molar-refractivity contribution is 6.74. The van der Waals surface area contributed by atoms with E-state index in [-0.39, 0.29) is 17.2 Å². The van der Waals surface area contributed by atoms with Gasteiger partial charge in [0.05, 0.1) is 12.6 Å². The smallest absolute Gasteiger partial charge is 0.192 e. The molecule has 0 amide bonds. The van der Waals surface area contributed by atoms with Gasteiger partial charge >= 0.3 is 0 Å². The van der Waals surface area contributed by atoms with Gasteiger partial charge in [-0.15, -0.1) is 0 Å². The molecular weight excluding hydrogens is 285 g/mol. The third-order valence-corrected chi connectivity index (χ3v) is 8.81. The van der Waals surface area contributed by atoms with Gasteiger partial charge in [0.1, 0.15) is 32.3 Å². The molecule has 1 aliphatic heterocycles. The van der Waals surface area contributed by atoms with Gasteiger partial charge in [0.15, 0.2) is 8.32 Å². The predicted octanol–water partition coefficient (Wildman–Crippen LogP) is 2.29. The second-order valence-corrected chi connectivity index (χ2v) is 11.7. The van der Waals surface area contributed by atoms with Crippen molar-refractivity contribution in [3.8, 4) is 0 Å². The Labute approximate surface area is 122 Å². The highest BCUT2D eigenvalue weighted by atomic mass is 35.5. The molecule has 1 aliphatic rings. The molecule has 0 aromatic carbocycles. The number of alkyl halides is 2. The molecule has 0 N–H and O–H groups in total. The molecule has 19 heavy (non-hydrogen) atoms. The van der Waals surface area contributed by atoms with Crippen molar-refractivity contribution in [2.24, 2.45) is 0 Å². The van der Waals surface area contributed by atoms with Crippen molar-refractivity contribution in [1.29, 1.82) is 0 Å². The Hall–Kier alpha value is 0.382. The van der Waals surface area contributed by atoms with Crippen LogP contribution in [0.4, 0.5) is 4.39 Å². The monoisotopic (exact) mass is 310 g/mol. The summed E-state index contributed by atoms with van der Waals surface area (Å²) in [4.78, 5) is 0. The van der Waals surface area contributed by atoms with Crippen LogP contribution in [-0.4, -0.2) is 53.2 Å². The minimum Gasteiger partial charge on any atom is -0.414 e. The first-order chi connectivity index (χ1) is 8.60. The topological polar surface area (TPSA) is 27.7 Å². The summed E-state index contributed by atoms with van der Waals surface area (Å²) in [6, 6.07) is -0.501. The Balaban J connectivity index is 2.61. The summed E-state index contributed by atoms with van der Waals surface area (Å²) in [6.07, 6.45) is -2.15. The molecule has 0 aromatic heterocycles. The fourth-order valence-corrected chi connectivity index (χ4v) is 2.97. The summed E-state index contributed by atoms with van der Waals surface area (Å²) in [5.41, 5.74) is 0. The molecule has 0 aliphatic carbocycles. The van der Waals surface area contributed by atoms with Crippen LogP contribution in [0.5, 0.6) is 0 Å². The lowest BCUT2D eigenvalue weighted by atomic mass is 9.94. The molecule has 1 heterocycles. The van der Waals surface area contributed by atoms with Crippen molar-refractivity contribution in [1.82, 2.24) is 0 Å². The fourth-order valence-electron chi connectivity index (χ4n) is 1.81. The normalized spacial score (nSPS) is 32.8. The molecule has 0 spiro atoms. The lowest BCUT2D eigenvalue weighted by Crippen LogP contribution is -2.44. The van der Waals surface area contributed by atoms with Gasteiger partial charge in [-0.05, 0) is 18.1 Å². The van der Waals surface area contributed by atoms with Gasteiger partial charge in [-0.25, -0.2) is 4.39 Å². The Kier molecular flexibility index (Phi) is 5.90. The van der Waals surface area contributed by atoms with E-state index < -0.39 is 26.6 Å². The minimum atomic E-state index is -1.86. The maximum absolute atomic E-state index is 13.9. The van der Waals surface area contributed by atoms with Crippen molar-refractivity contribution >= 4 is 27.8 Å². The van der Waals surface area contributed by atoms with Crippen LogP contribution in [-0.2, 0) is 13.9 Å². The third kappa shape index (κ3) is 4.17. The highest BCUT2D eigenvalue weighted by Gasteiger charge is 2.45. The third-order valence-electron chi connectivity index (χ3n) is 4.19. The van der Waals surface area contributed by atoms with E-state index in [9.17, 15) is 4.39 Å². The van der Waals surface area contributed by atoms with Gasteiger partial charge in [0.25, 0.3) is 0 Å². The number of hydrogen-bond acceptors (Lipinski definition) is 3. The van der Waals surface area contributed by atoms with E-state index in [2.05, 4.69) is 33.9 Å². The molecule has 7 heteroatoms. The first-order valence-electron chi connectivity index (χ1n) is 6.71. The second kappa shape index (κ2) is 6.43. The molecule has 1 fully saturated rings. The standard InChI is InChI=1S/C12H25BClFO3Si/c1-12(2,3)19(4,5)17-6-8-10(16-7-14)9(15)11(13)18-8/h8-11H,6-7,13H2,1-5H3/t8?,9-,10?,11+/m0/s1. The van der Waals surface area contributed by atoms with Crippen LogP contribution >= 0.6 is 11.6 Å². The average Bonchev–Trinajstić information content (AvgIpc) is 2.53. The summed E-state index contributed by atoms with van der Waals surface area (Å²) in [7, 11) is -0.150. The molecule has 112 valence electrons. The first kappa shape index (κ1) is 17.4. The van der Waals surface area contributed by atoms with E-state index in [4.69, 9.17) is 25.5 Å². The van der Waals surface area contributed by atoms with Crippen molar-refractivity contribution in [2.45, 2.75) is 63.3 Å². The zero-order valence-corrected chi connectivity index (χ0v) is 14.5. The lowest BCUT2D eigenvalue weighted by Gasteiger charge is -2.37. The number of halogens is 2. The van der Waals surface area contributed by atoms with Crippen LogP contribution in [0.3, 0.4) is 0 Å². The van der Waals surface area contributed by atoms with E-state index in [0.717, 1.165) is 0 Å². The Morgan fingerprint density at radius 1 is 1.37 bits per heavy atom. The first-order valence-corrected chi connectivity index (χ1v) is 10.2. The van der Waals surface area contributed by atoms with E-state index in [1.165, 1.54) is 0 Å². The maximum atomic E-state index is 13.9. The zero-order chi connectivity index (χ0) is 14.8. The number of hydrogen-bond donors (Lipinski definition) is 0. The summed E-state index contributed by atoms with van der Waals surface area (Å²) in [5, 5.41) is 0.120. The van der Waals surface area contributed by atoms with E-state index in [0.29, 0.717) is 6.61 Å². The van der Waals surface area contributed by atoms with E-state index >= 15 is 0 Å². The van der Waals surface area contributed by atoms with Gasteiger partial charge in [-0.2, -0.15) is 0 Å². The van der Waals surface area contributed by atoms with Gasteiger partial charge in [-0.1, -0.05) is 32.4 Å². The molecule has 0 bridgehead atoms. The summed E-state index contributed by atoms with van der Waals surface area (Å²) < 4.78 is 30.8. The number of ether oxygens (including phenoxy) is 2. The molecule has 3 nitrogen and oxygen atoms in total. The second-order valence-electron chi connectivity index (χ2n) is 6.64. The minimum absolute atomic E-state index is 0.0300. The van der Waals surface area contributed by atoms with Crippen LogP contribution in [0.25, 0.3) is 0 Å². The Morgan fingerprint density at radius 3 is 2.42 bits per heavy atom. The lowest BCUT2D eigenvalue weighted by molar-refractivity contribution is -0.0280. The highest BCUT2D eigenvalue weighted by Crippen LogP contribution is 2.37. The largest absolute Gasteiger partial charge is 0.414 e. The summed E-state index contributed by atoms with van der Waals surface area (Å²) >= 11 is 5.55. The molecule has 0 radical (unpaired) electrons. The summed E-state index contributed by atoms with van der Waals surface area (Å²) in [5.74, 6) is 0. The van der Waals surface area contributed by atoms with Gasteiger partial charge in [0, 0.05) is 0 Å². The van der Waals surface area contributed by atoms with E-state index in [1.54, 1.807) is 7.85 Å². The van der Waals surface area contributed by atoms with Gasteiger partial charge in [0.2, 0.25) is 0 Å². The van der Waals surface area contributed by atoms with E-state index in [1.807, 2.05) is 0 Å². The molecular formula is C12H25BClFO3Si.